The van der Waals surface area contributed by atoms with Crippen molar-refractivity contribution in [3.63, 3.8) is 0 Å². The monoisotopic (exact) mass is 323 g/mol. The van der Waals surface area contributed by atoms with Crippen molar-refractivity contribution in [2.75, 3.05) is 12.2 Å². The molecule has 1 aromatic carbocycles. The molecule has 0 aliphatic carbocycles. The normalized spacial score (nSPS) is 13.4. The summed E-state index contributed by atoms with van der Waals surface area (Å²) < 4.78 is 10.6. The first kappa shape index (κ1) is 14.0. The lowest BCUT2D eigenvalue weighted by Gasteiger charge is -2.07. The Bertz CT molecular complexity index is 699. The lowest BCUT2D eigenvalue weighted by atomic mass is 10.1. The molecule has 0 saturated carbocycles. The first-order valence-electron chi connectivity index (χ1n) is 6.14. The van der Waals surface area contributed by atoms with Crippen LogP contribution in [0.25, 0.3) is 0 Å². The summed E-state index contributed by atoms with van der Waals surface area (Å²) in [7, 11) is 0. The van der Waals surface area contributed by atoms with Gasteiger partial charge in [0.1, 0.15) is 0 Å². The Hall–Kier alpha value is -1.98. The highest BCUT2D eigenvalue weighted by Gasteiger charge is 2.14. The summed E-state index contributed by atoms with van der Waals surface area (Å²) in [5, 5.41) is 5.10. The molecule has 0 atom stereocenters. The van der Waals surface area contributed by atoms with Gasteiger partial charge in [0.05, 0.1) is 21.4 Å². The van der Waals surface area contributed by atoms with E-state index >= 15 is 0 Å². The molecule has 108 valence electrons. The van der Waals surface area contributed by atoms with Gasteiger partial charge in [0.25, 0.3) is 0 Å². The van der Waals surface area contributed by atoms with Crippen LogP contribution in [0.5, 0.6) is 11.5 Å². The maximum Gasteiger partial charge on any atom is 0.231 e. The van der Waals surface area contributed by atoms with E-state index in [2.05, 4.69) is 15.5 Å². The van der Waals surface area contributed by atoms with Gasteiger partial charge in [-0.1, -0.05) is 23.2 Å². The number of pyridine rings is 1. The summed E-state index contributed by atoms with van der Waals surface area (Å²) in [5.41, 5.74) is 5.05. The number of nitrogens with one attached hydrogen (secondary N) is 1. The molecule has 3 rings (SSSR count). The SMILES string of the molecule is CC(=NNc1c(Cl)cncc1Cl)c1ccc2c(c1)OCO2. The summed E-state index contributed by atoms with van der Waals surface area (Å²) >= 11 is 12.0. The number of hydrogen-bond acceptors (Lipinski definition) is 5. The van der Waals surface area contributed by atoms with Crippen molar-refractivity contribution in [3.8, 4) is 11.5 Å². The fourth-order valence-electron chi connectivity index (χ4n) is 1.84. The summed E-state index contributed by atoms with van der Waals surface area (Å²) in [6, 6.07) is 5.63. The van der Waals surface area contributed by atoms with Crippen LogP contribution in [0.3, 0.4) is 0 Å². The van der Waals surface area contributed by atoms with Crippen molar-refractivity contribution in [1.82, 2.24) is 4.98 Å². The average molecular weight is 324 g/mol. The molecule has 21 heavy (non-hydrogen) atoms. The largest absolute Gasteiger partial charge is 0.454 e. The van der Waals surface area contributed by atoms with Crippen LogP contribution in [-0.4, -0.2) is 17.5 Å². The zero-order chi connectivity index (χ0) is 14.8. The molecular weight excluding hydrogens is 313 g/mol. The number of aromatic nitrogens is 1. The Labute approximate surface area is 131 Å². The lowest BCUT2D eigenvalue weighted by Crippen LogP contribution is -2.00. The zero-order valence-corrected chi connectivity index (χ0v) is 12.6. The van der Waals surface area contributed by atoms with Crippen molar-refractivity contribution in [2.45, 2.75) is 6.92 Å². The van der Waals surface area contributed by atoms with Gasteiger partial charge >= 0.3 is 0 Å². The molecule has 1 aromatic heterocycles. The molecule has 5 nitrogen and oxygen atoms in total. The molecule has 0 bridgehead atoms. The Kier molecular flexibility index (Phi) is 3.86. The Morgan fingerprint density at radius 3 is 2.67 bits per heavy atom. The van der Waals surface area contributed by atoms with Gasteiger partial charge in [-0.25, -0.2) is 0 Å². The quantitative estimate of drug-likeness (QED) is 0.686. The molecule has 2 heterocycles. The van der Waals surface area contributed by atoms with Gasteiger partial charge in [0.2, 0.25) is 6.79 Å². The molecule has 1 aliphatic heterocycles. The zero-order valence-electron chi connectivity index (χ0n) is 11.1. The molecule has 0 radical (unpaired) electrons. The van der Waals surface area contributed by atoms with Gasteiger partial charge in [-0.3, -0.25) is 10.4 Å². The van der Waals surface area contributed by atoms with E-state index in [0.29, 0.717) is 21.5 Å². The fraction of sp³-hybridized carbons (Fsp3) is 0.143. The molecule has 0 spiro atoms. The van der Waals surface area contributed by atoms with E-state index in [-0.39, 0.29) is 6.79 Å². The molecule has 7 heteroatoms. The van der Waals surface area contributed by atoms with Crippen LogP contribution in [-0.2, 0) is 0 Å². The molecule has 0 fully saturated rings. The van der Waals surface area contributed by atoms with E-state index in [4.69, 9.17) is 32.7 Å². The second-order valence-corrected chi connectivity index (χ2v) is 5.17. The number of hydrazone groups is 1. The van der Waals surface area contributed by atoms with Crippen LogP contribution in [0, 0.1) is 0 Å². The van der Waals surface area contributed by atoms with E-state index < -0.39 is 0 Å². The molecule has 1 aliphatic rings. The predicted molar refractivity (Wildman–Crippen MR) is 82.7 cm³/mol. The number of ether oxygens (including phenoxy) is 2. The molecule has 0 saturated heterocycles. The predicted octanol–water partition coefficient (Wildman–Crippen LogP) is 3.95. The van der Waals surface area contributed by atoms with Crippen LogP contribution in [0.15, 0.2) is 35.7 Å². The average Bonchev–Trinajstić information content (AvgIpc) is 2.93. The number of benzene rings is 1. The molecule has 1 N–H and O–H groups in total. The first-order chi connectivity index (χ1) is 10.1. The topological polar surface area (TPSA) is 55.7 Å². The Morgan fingerprint density at radius 1 is 1.19 bits per heavy atom. The number of nitrogens with zero attached hydrogens (tertiary/aromatic N) is 2. The van der Waals surface area contributed by atoms with Gasteiger partial charge in [-0.2, -0.15) is 5.10 Å². The van der Waals surface area contributed by atoms with Crippen molar-refractivity contribution < 1.29 is 9.47 Å². The summed E-state index contributed by atoms with van der Waals surface area (Å²) in [4.78, 5) is 3.89. The fourth-order valence-corrected chi connectivity index (χ4v) is 2.29. The number of halogens is 2. The number of anilines is 1. The van der Waals surface area contributed by atoms with Crippen molar-refractivity contribution in [1.29, 1.82) is 0 Å². The second kappa shape index (κ2) is 5.79. The van der Waals surface area contributed by atoms with Crippen LogP contribution in [0.4, 0.5) is 5.69 Å². The maximum absolute atomic E-state index is 6.02. The summed E-state index contributed by atoms with van der Waals surface area (Å²) in [6.07, 6.45) is 3.00. The molecule has 0 amide bonds. The highest BCUT2D eigenvalue weighted by Crippen LogP contribution is 2.33. The standard InChI is InChI=1S/C14H11Cl2N3O2/c1-8(9-2-3-12-13(4-9)21-7-20-12)18-19-14-10(15)5-17-6-11(14)16/h2-6H,7H2,1H3,(H,17,19). The van der Waals surface area contributed by atoms with Gasteiger partial charge in [-0.05, 0) is 25.1 Å². The van der Waals surface area contributed by atoms with E-state index in [0.717, 1.165) is 17.0 Å². The van der Waals surface area contributed by atoms with Crippen LogP contribution >= 0.6 is 23.2 Å². The van der Waals surface area contributed by atoms with Crippen molar-refractivity contribution in [2.24, 2.45) is 5.10 Å². The highest BCUT2D eigenvalue weighted by atomic mass is 35.5. The third-order valence-corrected chi connectivity index (χ3v) is 3.55. The number of fused-ring (bicyclic) bond motifs is 1. The molecule has 0 unspecified atom stereocenters. The first-order valence-corrected chi connectivity index (χ1v) is 6.90. The van der Waals surface area contributed by atoms with Gasteiger partial charge in [0, 0.05) is 18.0 Å². The minimum absolute atomic E-state index is 0.245. The van der Waals surface area contributed by atoms with Crippen LogP contribution < -0.4 is 14.9 Å². The van der Waals surface area contributed by atoms with E-state index in [1.54, 1.807) is 0 Å². The van der Waals surface area contributed by atoms with E-state index in [1.807, 2.05) is 25.1 Å². The van der Waals surface area contributed by atoms with Crippen molar-refractivity contribution >= 4 is 34.6 Å². The van der Waals surface area contributed by atoms with Crippen LogP contribution in [0.1, 0.15) is 12.5 Å². The smallest absolute Gasteiger partial charge is 0.231 e. The third kappa shape index (κ3) is 2.89. The Balaban J connectivity index is 1.83. The van der Waals surface area contributed by atoms with Crippen molar-refractivity contribution in [3.05, 3.63) is 46.2 Å². The number of rotatable bonds is 3. The lowest BCUT2D eigenvalue weighted by molar-refractivity contribution is 0.174. The van der Waals surface area contributed by atoms with Gasteiger partial charge in [-0.15, -0.1) is 0 Å². The highest BCUT2D eigenvalue weighted by molar-refractivity contribution is 6.38. The van der Waals surface area contributed by atoms with E-state index in [1.165, 1.54) is 12.4 Å². The Morgan fingerprint density at radius 2 is 1.90 bits per heavy atom. The molecular formula is C14H11Cl2N3O2. The molecule has 2 aromatic rings. The van der Waals surface area contributed by atoms with E-state index in [9.17, 15) is 0 Å². The second-order valence-electron chi connectivity index (χ2n) is 4.36. The number of hydrogen-bond donors (Lipinski definition) is 1. The summed E-state index contributed by atoms with van der Waals surface area (Å²) in [6.45, 7) is 2.11. The summed E-state index contributed by atoms with van der Waals surface area (Å²) in [5.74, 6) is 1.45. The third-order valence-electron chi connectivity index (χ3n) is 2.98. The minimum atomic E-state index is 0.245. The van der Waals surface area contributed by atoms with Crippen LogP contribution in [0.2, 0.25) is 10.0 Å². The maximum atomic E-state index is 6.02. The van der Waals surface area contributed by atoms with Gasteiger partial charge in [0.15, 0.2) is 11.5 Å². The van der Waals surface area contributed by atoms with Gasteiger partial charge < -0.3 is 9.47 Å². The minimum Gasteiger partial charge on any atom is -0.454 e.